The Morgan fingerprint density at radius 1 is 0.800 bits per heavy atom. The zero-order valence-electron chi connectivity index (χ0n) is 17.7. The number of hydrogen-bond acceptors (Lipinski definition) is 5. The summed E-state index contributed by atoms with van der Waals surface area (Å²) in [6.45, 7) is 1.79. The molecular weight excluding hydrogens is 380 g/mol. The minimum absolute atomic E-state index is 0.124. The number of ether oxygens (including phenoxy) is 2. The average molecular weight is 413 g/mol. The van der Waals surface area contributed by atoms with Gasteiger partial charge >= 0.3 is 11.9 Å². The second-order valence-corrected chi connectivity index (χ2v) is 7.42. The van der Waals surface area contributed by atoms with Gasteiger partial charge in [0.05, 0.1) is 6.42 Å². The first-order valence-electron chi connectivity index (χ1n) is 10.7. The van der Waals surface area contributed by atoms with E-state index in [4.69, 9.17) is 9.47 Å². The van der Waals surface area contributed by atoms with Gasteiger partial charge in [-0.3, -0.25) is 9.59 Å². The molecule has 0 aliphatic heterocycles. The molecule has 0 spiro atoms. The SMILES string of the molecule is CCCCCCCC(=O)OCC(O)COC(=O)Cc1ccc(-c2ccccc2)cc1. The lowest BCUT2D eigenvalue weighted by molar-refractivity contribution is -0.152. The van der Waals surface area contributed by atoms with Crippen LogP contribution in [0.15, 0.2) is 54.6 Å². The molecule has 0 aliphatic rings. The molecule has 5 nitrogen and oxygen atoms in total. The van der Waals surface area contributed by atoms with Gasteiger partial charge in [0.2, 0.25) is 0 Å². The third-order valence-corrected chi connectivity index (χ3v) is 4.77. The molecule has 2 aromatic rings. The molecule has 1 N–H and O–H groups in total. The number of aliphatic hydroxyl groups is 1. The maximum atomic E-state index is 12.0. The smallest absolute Gasteiger partial charge is 0.310 e. The van der Waals surface area contributed by atoms with Gasteiger partial charge in [0.25, 0.3) is 0 Å². The highest BCUT2D eigenvalue weighted by molar-refractivity contribution is 5.73. The third-order valence-electron chi connectivity index (χ3n) is 4.77. The maximum Gasteiger partial charge on any atom is 0.310 e. The molecule has 0 aliphatic carbocycles. The van der Waals surface area contributed by atoms with E-state index >= 15 is 0 Å². The molecule has 1 unspecified atom stereocenters. The first-order chi connectivity index (χ1) is 14.6. The zero-order chi connectivity index (χ0) is 21.6. The van der Waals surface area contributed by atoms with Crippen LogP contribution in [0.1, 0.15) is 51.0 Å². The van der Waals surface area contributed by atoms with Crippen LogP contribution in [0.4, 0.5) is 0 Å². The molecule has 0 aromatic heterocycles. The third kappa shape index (κ3) is 9.23. The fourth-order valence-electron chi connectivity index (χ4n) is 3.03. The summed E-state index contributed by atoms with van der Waals surface area (Å²) in [6, 6.07) is 17.7. The van der Waals surface area contributed by atoms with Gasteiger partial charge in [-0.05, 0) is 23.1 Å². The van der Waals surface area contributed by atoms with E-state index in [0.717, 1.165) is 42.4 Å². The van der Waals surface area contributed by atoms with Gasteiger partial charge < -0.3 is 14.6 Å². The van der Waals surface area contributed by atoms with Crippen molar-refractivity contribution in [3.05, 3.63) is 60.2 Å². The molecule has 0 fully saturated rings. The molecule has 30 heavy (non-hydrogen) atoms. The number of carbonyl (C=O) groups is 2. The Bertz CT molecular complexity index is 755. The van der Waals surface area contributed by atoms with Crippen molar-refractivity contribution in [2.45, 2.75) is 58.0 Å². The largest absolute Gasteiger partial charge is 0.463 e. The van der Waals surface area contributed by atoms with Crippen LogP contribution in [0.3, 0.4) is 0 Å². The van der Waals surface area contributed by atoms with E-state index in [1.807, 2.05) is 54.6 Å². The van der Waals surface area contributed by atoms with Gasteiger partial charge in [0.1, 0.15) is 19.3 Å². The minimum atomic E-state index is -1.02. The summed E-state index contributed by atoms with van der Waals surface area (Å²) in [6.07, 6.45) is 4.73. The van der Waals surface area contributed by atoms with Crippen molar-refractivity contribution < 1.29 is 24.2 Å². The first kappa shape index (κ1) is 23.6. The molecule has 2 aromatic carbocycles. The normalized spacial score (nSPS) is 11.7. The highest BCUT2D eigenvalue weighted by Gasteiger charge is 2.12. The van der Waals surface area contributed by atoms with Crippen molar-refractivity contribution in [2.24, 2.45) is 0 Å². The van der Waals surface area contributed by atoms with Gasteiger partial charge in [-0.15, -0.1) is 0 Å². The molecule has 0 amide bonds. The topological polar surface area (TPSA) is 72.8 Å². The van der Waals surface area contributed by atoms with E-state index in [2.05, 4.69) is 6.92 Å². The molecule has 0 saturated carbocycles. The van der Waals surface area contributed by atoms with Gasteiger partial charge in [-0.25, -0.2) is 0 Å². The summed E-state index contributed by atoms with van der Waals surface area (Å²) >= 11 is 0. The van der Waals surface area contributed by atoms with Crippen molar-refractivity contribution in [1.82, 2.24) is 0 Å². The number of aliphatic hydroxyl groups excluding tert-OH is 1. The standard InChI is InChI=1S/C25H32O5/c1-2-3-4-5-9-12-24(27)29-18-23(26)19-30-25(28)17-20-13-15-22(16-14-20)21-10-7-6-8-11-21/h6-8,10-11,13-16,23,26H,2-5,9,12,17-19H2,1H3. The fraction of sp³-hybridized carbons (Fsp3) is 0.440. The van der Waals surface area contributed by atoms with E-state index in [9.17, 15) is 14.7 Å². The zero-order valence-corrected chi connectivity index (χ0v) is 17.7. The first-order valence-corrected chi connectivity index (χ1v) is 10.7. The van der Waals surface area contributed by atoms with E-state index < -0.39 is 12.1 Å². The number of esters is 2. The second kappa shape index (κ2) is 13.5. The van der Waals surface area contributed by atoms with Crippen LogP contribution in [0.25, 0.3) is 11.1 Å². The molecule has 162 valence electrons. The number of carbonyl (C=O) groups excluding carboxylic acids is 2. The molecule has 5 heteroatoms. The molecule has 0 heterocycles. The summed E-state index contributed by atoms with van der Waals surface area (Å²) in [5.74, 6) is -0.751. The Morgan fingerprint density at radius 2 is 1.40 bits per heavy atom. The Morgan fingerprint density at radius 3 is 2.07 bits per heavy atom. The number of unbranched alkanes of at least 4 members (excludes halogenated alkanes) is 4. The fourth-order valence-corrected chi connectivity index (χ4v) is 3.03. The maximum absolute atomic E-state index is 12.0. The van der Waals surface area contributed by atoms with Crippen molar-refractivity contribution in [3.63, 3.8) is 0 Å². The van der Waals surface area contributed by atoms with Crippen LogP contribution in [-0.4, -0.2) is 36.4 Å². The summed E-state index contributed by atoms with van der Waals surface area (Å²) in [4.78, 5) is 23.6. The molecule has 2 rings (SSSR count). The minimum Gasteiger partial charge on any atom is -0.463 e. The van der Waals surface area contributed by atoms with Crippen LogP contribution in [-0.2, 0) is 25.5 Å². The molecule has 0 saturated heterocycles. The highest BCUT2D eigenvalue weighted by atomic mass is 16.6. The number of hydrogen-bond donors (Lipinski definition) is 1. The lowest BCUT2D eigenvalue weighted by Crippen LogP contribution is -2.25. The van der Waals surface area contributed by atoms with E-state index in [1.165, 1.54) is 6.42 Å². The van der Waals surface area contributed by atoms with Gasteiger partial charge in [-0.2, -0.15) is 0 Å². The quantitative estimate of drug-likeness (QED) is 0.381. The molecule has 0 radical (unpaired) electrons. The summed E-state index contributed by atoms with van der Waals surface area (Å²) < 4.78 is 10.1. The van der Waals surface area contributed by atoms with Crippen LogP contribution in [0.2, 0.25) is 0 Å². The number of rotatable bonds is 13. The molecular formula is C25H32O5. The average Bonchev–Trinajstić information content (AvgIpc) is 2.77. The Hall–Kier alpha value is -2.66. The Balaban J connectivity index is 1.62. The van der Waals surface area contributed by atoms with Crippen LogP contribution >= 0.6 is 0 Å². The summed E-state index contributed by atoms with van der Waals surface area (Å²) in [5.41, 5.74) is 3.03. The van der Waals surface area contributed by atoms with Crippen molar-refractivity contribution >= 4 is 11.9 Å². The number of benzene rings is 2. The van der Waals surface area contributed by atoms with Gasteiger partial charge in [-0.1, -0.05) is 87.2 Å². The van der Waals surface area contributed by atoms with Crippen LogP contribution < -0.4 is 0 Å². The predicted octanol–water partition coefficient (Wildman–Crippen LogP) is 4.70. The second-order valence-electron chi connectivity index (χ2n) is 7.42. The summed E-state index contributed by atoms with van der Waals surface area (Å²) in [5, 5.41) is 9.86. The highest BCUT2D eigenvalue weighted by Crippen LogP contribution is 2.19. The van der Waals surface area contributed by atoms with Crippen molar-refractivity contribution in [2.75, 3.05) is 13.2 Å². The van der Waals surface area contributed by atoms with Crippen LogP contribution in [0, 0.1) is 0 Å². The summed E-state index contributed by atoms with van der Waals surface area (Å²) in [7, 11) is 0. The van der Waals surface area contributed by atoms with Crippen LogP contribution in [0.5, 0.6) is 0 Å². The monoisotopic (exact) mass is 412 g/mol. The van der Waals surface area contributed by atoms with E-state index in [0.29, 0.717) is 6.42 Å². The lowest BCUT2D eigenvalue weighted by Gasteiger charge is -2.12. The van der Waals surface area contributed by atoms with E-state index in [1.54, 1.807) is 0 Å². The Labute approximate surface area is 179 Å². The van der Waals surface area contributed by atoms with Gasteiger partial charge in [0, 0.05) is 6.42 Å². The molecule has 1 atom stereocenters. The van der Waals surface area contributed by atoms with Crippen molar-refractivity contribution in [1.29, 1.82) is 0 Å². The van der Waals surface area contributed by atoms with Gasteiger partial charge in [0.15, 0.2) is 0 Å². The van der Waals surface area contributed by atoms with E-state index in [-0.39, 0.29) is 25.6 Å². The lowest BCUT2D eigenvalue weighted by atomic mass is 10.0. The van der Waals surface area contributed by atoms with Crippen molar-refractivity contribution in [3.8, 4) is 11.1 Å². The molecule has 0 bridgehead atoms. The predicted molar refractivity (Wildman–Crippen MR) is 117 cm³/mol. The Kier molecular flexibility index (Phi) is 10.7.